The monoisotopic (exact) mass is 429 g/mol. The quantitative estimate of drug-likeness (QED) is 0.597. The Morgan fingerprint density at radius 3 is 2.35 bits per heavy atom. The molecule has 0 spiro atoms. The highest BCUT2D eigenvalue weighted by Gasteiger charge is 2.39. The van der Waals surface area contributed by atoms with Gasteiger partial charge >= 0.3 is 0 Å². The van der Waals surface area contributed by atoms with Crippen LogP contribution in [0.4, 0.5) is 5.69 Å². The van der Waals surface area contributed by atoms with Crippen molar-refractivity contribution in [2.24, 2.45) is 0 Å². The number of hydrogen-bond acceptors (Lipinski definition) is 5. The summed E-state index contributed by atoms with van der Waals surface area (Å²) in [5.41, 5.74) is 2.38. The van der Waals surface area contributed by atoms with Gasteiger partial charge in [-0.25, -0.2) is 0 Å². The van der Waals surface area contributed by atoms with Gasteiger partial charge in [0.05, 0.1) is 17.0 Å². The van der Waals surface area contributed by atoms with Gasteiger partial charge < -0.3 is 5.32 Å². The van der Waals surface area contributed by atoms with Crippen LogP contribution in [0.2, 0.25) is 0 Å². The number of thioether (sulfide) groups is 1. The highest BCUT2D eigenvalue weighted by Crippen LogP contribution is 2.40. The lowest BCUT2D eigenvalue weighted by molar-refractivity contribution is -0.137. The van der Waals surface area contributed by atoms with Gasteiger partial charge in [-0.1, -0.05) is 48.2 Å². The molecular formula is C24H19N3O3S. The van der Waals surface area contributed by atoms with Crippen molar-refractivity contribution in [1.29, 1.82) is 0 Å². The summed E-state index contributed by atoms with van der Waals surface area (Å²) in [6.07, 6.45) is 3.29. The van der Waals surface area contributed by atoms with Crippen LogP contribution in [0, 0.1) is 0 Å². The van der Waals surface area contributed by atoms with Crippen LogP contribution < -0.4 is 5.32 Å². The lowest BCUT2D eigenvalue weighted by atomic mass is 10.1. The Morgan fingerprint density at radius 2 is 1.71 bits per heavy atom. The minimum atomic E-state index is -0.348. The summed E-state index contributed by atoms with van der Waals surface area (Å²) in [6.45, 7) is 1.58. The zero-order chi connectivity index (χ0) is 21.8. The van der Waals surface area contributed by atoms with Crippen molar-refractivity contribution in [2.75, 3.05) is 5.32 Å². The molecule has 0 atom stereocenters. The Hall–Kier alpha value is -3.71. The Balaban J connectivity index is 1.71. The molecule has 0 fully saturated rings. The first kappa shape index (κ1) is 20.6. The van der Waals surface area contributed by atoms with Gasteiger partial charge in [0, 0.05) is 29.9 Å². The molecule has 3 aromatic rings. The zero-order valence-electron chi connectivity index (χ0n) is 16.7. The van der Waals surface area contributed by atoms with Crippen molar-refractivity contribution >= 4 is 40.7 Å². The van der Waals surface area contributed by atoms with Crippen LogP contribution in [0.5, 0.6) is 0 Å². The molecule has 1 aliphatic heterocycles. The van der Waals surface area contributed by atoms with Crippen molar-refractivity contribution in [3.63, 3.8) is 0 Å². The molecule has 1 aromatic heterocycles. The minimum Gasteiger partial charge on any atom is -0.326 e. The molecule has 0 bridgehead atoms. The molecule has 7 heteroatoms. The molecule has 2 aromatic carbocycles. The number of pyridine rings is 1. The van der Waals surface area contributed by atoms with Gasteiger partial charge in [-0.2, -0.15) is 0 Å². The maximum absolute atomic E-state index is 13.3. The van der Waals surface area contributed by atoms with E-state index in [0.717, 1.165) is 10.5 Å². The Morgan fingerprint density at radius 1 is 0.968 bits per heavy atom. The summed E-state index contributed by atoms with van der Waals surface area (Å²) < 4.78 is 0. The maximum atomic E-state index is 13.3. The normalized spacial score (nSPS) is 13.6. The van der Waals surface area contributed by atoms with Crippen LogP contribution >= 0.6 is 11.8 Å². The van der Waals surface area contributed by atoms with E-state index in [9.17, 15) is 14.4 Å². The zero-order valence-corrected chi connectivity index (χ0v) is 17.6. The van der Waals surface area contributed by atoms with Gasteiger partial charge in [-0.3, -0.25) is 24.3 Å². The second-order valence-corrected chi connectivity index (χ2v) is 8.02. The summed E-state index contributed by atoms with van der Waals surface area (Å²) in [6, 6.07) is 20.0. The van der Waals surface area contributed by atoms with E-state index in [2.05, 4.69) is 10.3 Å². The van der Waals surface area contributed by atoms with Gasteiger partial charge in [0.2, 0.25) is 5.91 Å². The molecule has 0 saturated carbocycles. The number of nitrogens with one attached hydrogen (secondary N) is 1. The minimum absolute atomic E-state index is 0.151. The molecule has 1 aliphatic rings. The standard InChI is InChI=1S/C24H19N3O3S/c1-16(28)26-19-11-9-18(10-12-19)21-22(31-20-7-3-2-4-8-20)24(30)27(23(21)29)15-17-6-5-13-25-14-17/h2-14H,15H2,1H3,(H,26,28). The van der Waals surface area contributed by atoms with Gasteiger partial charge in [0.1, 0.15) is 0 Å². The van der Waals surface area contributed by atoms with Crippen LogP contribution in [0.15, 0.2) is 88.9 Å². The average molecular weight is 430 g/mol. The number of nitrogens with zero attached hydrogens (tertiary/aromatic N) is 2. The Labute approximate surface area is 184 Å². The second-order valence-electron chi connectivity index (χ2n) is 6.94. The van der Waals surface area contributed by atoms with Crippen molar-refractivity contribution in [2.45, 2.75) is 18.4 Å². The third-order valence-corrected chi connectivity index (χ3v) is 5.74. The summed E-state index contributed by atoms with van der Waals surface area (Å²) in [4.78, 5) is 44.5. The molecule has 154 valence electrons. The predicted molar refractivity (Wildman–Crippen MR) is 120 cm³/mol. The Bertz CT molecular complexity index is 1160. The average Bonchev–Trinajstić information content (AvgIpc) is 3.00. The molecule has 6 nitrogen and oxygen atoms in total. The summed E-state index contributed by atoms with van der Waals surface area (Å²) >= 11 is 1.28. The molecule has 0 unspecified atom stereocenters. The van der Waals surface area contributed by atoms with E-state index in [-0.39, 0.29) is 24.3 Å². The number of rotatable bonds is 6. The lowest BCUT2D eigenvalue weighted by Gasteiger charge is -2.15. The molecule has 3 amide bonds. The van der Waals surface area contributed by atoms with Crippen molar-refractivity contribution < 1.29 is 14.4 Å². The van der Waals surface area contributed by atoms with Crippen molar-refractivity contribution in [3.05, 3.63) is 95.2 Å². The number of hydrogen-bond donors (Lipinski definition) is 1. The molecule has 31 heavy (non-hydrogen) atoms. The highest BCUT2D eigenvalue weighted by atomic mass is 32.2. The third kappa shape index (κ3) is 4.57. The largest absolute Gasteiger partial charge is 0.326 e. The van der Waals surface area contributed by atoms with Gasteiger partial charge in [0.15, 0.2) is 0 Å². The third-order valence-electron chi connectivity index (χ3n) is 4.65. The van der Waals surface area contributed by atoms with E-state index < -0.39 is 0 Å². The van der Waals surface area contributed by atoms with Crippen LogP contribution in [-0.2, 0) is 20.9 Å². The topological polar surface area (TPSA) is 79.4 Å². The van der Waals surface area contributed by atoms with E-state index in [4.69, 9.17) is 0 Å². The van der Waals surface area contributed by atoms with Crippen LogP contribution in [0.1, 0.15) is 18.1 Å². The molecule has 1 N–H and O–H groups in total. The predicted octanol–water partition coefficient (Wildman–Crippen LogP) is 4.11. The summed E-state index contributed by atoms with van der Waals surface area (Å²) in [5, 5.41) is 2.71. The van der Waals surface area contributed by atoms with Crippen molar-refractivity contribution in [1.82, 2.24) is 9.88 Å². The number of carbonyl (C=O) groups excluding carboxylic acids is 3. The molecule has 4 rings (SSSR count). The SMILES string of the molecule is CC(=O)Nc1ccc(C2=C(Sc3ccccc3)C(=O)N(Cc3cccnc3)C2=O)cc1. The van der Waals surface area contributed by atoms with E-state index in [1.54, 1.807) is 42.7 Å². The first-order chi connectivity index (χ1) is 15.0. The second kappa shape index (κ2) is 8.97. The number of imide groups is 1. The fraction of sp³-hybridized carbons (Fsp3) is 0.0833. The van der Waals surface area contributed by atoms with Gasteiger partial charge in [-0.15, -0.1) is 0 Å². The van der Waals surface area contributed by atoms with Crippen LogP contribution in [0.25, 0.3) is 5.57 Å². The molecular weight excluding hydrogens is 410 g/mol. The highest BCUT2D eigenvalue weighted by molar-refractivity contribution is 8.04. The number of carbonyl (C=O) groups is 3. The maximum Gasteiger partial charge on any atom is 0.268 e. The smallest absolute Gasteiger partial charge is 0.268 e. The van der Waals surface area contributed by atoms with E-state index in [1.165, 1.54) is 23.6 Å². The molecule has 0 radical (unpaired) electrons. The van der Waals surface area contributed by atoms with Crippen LogP contribution in [0.3, 0.4) is 0 Å². The van der Waals surface area contributed by atoms with E-state index >= 15 is 0 Å². The first-order valence-electron chi connectivity index (χ1n) is 9.63. The fourth-order valence-corrected chi connectivity index (χ4v) is 4.28. The lowest BCUT2D eigenvalue weighted by Crippen LogP contribution is -2.30. The van der Waals surface area contributed by atoms with Gasteiger partial charge in [0.25, 0.3) is 11.8 Å². The Kier molecular flexibility index (Phi) is 5.95. The number of benzene rings is 2. The number of aromatic nitrogens is 1. The molecule has 0 aliphatic carbocycles. The van der Waals surface area contributed by atoms with E-state index in [0.29, 0.717) is 21.7 Å². The first-order valence-corrected chi connectivity index (χ1v) is 10.4. The molecule has 0 saturated heterocycles. The summed E-state index contributed by atoms with van der Waals surface area (Å²) in [7, 11) is 0. The molecule has 2 heterocycles. The van der Waals surface area contributed by atoms with Crippen LogP contribution in [-0.4, -0.2) is 27.6 Å². The van der Waals surface area contributed by atoms with Crippen molar-refractivity contribution in [3.8, 4) is 0 Å². The van der Waals surface area contributed by atoms with E-state index in [1.807, 2.05) is 36.4 Å². The fourth-order valence-electron chi connectivity index (χ4n) is 3.25. The number of amides is 3. The van der Waals surface area contributed by atoms with Gasteiger partial charge in [-0.05, 0) is 41.5 Å². The summed E-state index contributed by atoms with van der Waals surface area (Å²) in [5.74, 6) is -0.856. The number of anilines is 1.